The van der Waals surface area contributed by atoms with E-state index < -0.39 is 5.97 Å². The van der Waals surface area contributed by atoms with Gasteiger partial charge in [0.1, 0.15) is 12.0 Å². The predicted octanol–water partition coefficient (Wildman–Crippen LogP) is 3.65. The van der Waals surface area contributed by atoms with E-state index in [1.165, 1.54) is 0 Å². The molecule has 0 unspecified atom stereocenters. The standard InChI is InChI=1S/C14H10ClNO2/c15-11-6-8-12(9-7-11)16-10-14(17)18-13-4-2-1-3-5-13/h1-10H. The van der Waals surface area contributed by atoms with Crippen molar-refractivity contribution in [1.29, 1.82) is 0 Å². The highest BCUT2D eigenvalue weighted by molar-refractivity contribution is 6.30. The number of halogens is 1. The van der Waals surface area contributed by atoms with Crippen LogP contribution in [0.4, 0.5) is 5.69 Å². The van der Waals surface area contributed by atoms with Crippen LogP contribution in [0, 0.1) is 0 Å². The first-order chi connectivity index (χ1) is 8.74. The lowest BCUT2D eigenvalue weighted by molar-refractivity contribution is -0.126. The molecular weight excluding hydrogens is 250 g/mol. The second kappa shape index (κ2) is 5.98. The van der Waals surface area contributed by atoms with E-state index in [-0.39, 0.29) is 0 Å². The molecule has 3 nitrogen and oxygen atoms in total. The number of carbonyl (C=O) groups is 1. The Balaban J connectivity index is 1.97. The highest BCUT2D eigenvalue weighted by Crippen LogP contribution is 2.15. The first-order valence-corrected chi connectivity index (χ1v) is 5.68. The summed E-state index contributed by atoms with van der Waals surface area (Å²) >= 11 is 5.74. The van der Waals surface area contributed by atoms with Gasteiger partial charge in [-0.25, -0.2) is 9.79 Å². The molecule has 0 aliphatic rings. The largest absolute Gasteiger partial charge is 0.422 e. The average molecular weight is 260 g/mol. The number of hydrogen-bond acceptors (Lipinski definition) is 3. The lowest BCUT2D eigenvalue weighted by Gasteiger charge is -1.99. The number of para-hydroxylation sites is 1. The molecule has 0 spiro atoms. The van der Waals surface area contributed by atoms with Crippen molar-refractivity contribution < 1.29 is 9.53 Å². The predicted molar refractivity (Wildman–Crippen MR) is 71.7 cm³/mol. The number of carbonyl (C=O) groups excluding carboxylic acids is 1. The molecule has 2 aromatic rings. The Morgan fingerprint density at radius 3 is 2.39 bits per heavy atom. The SMILES string of the molecule is O=C(C=Nc1ccc(Cl)cc1)Oc1ccccc1. The Morgan fingerprint density at radius 2 is 1.72 bits per heavy atom. The lowest BCUT2D eigenvalue weighted by Crippen LogP contribution is -2.08. The van der Waals surface area contributed by atoms with Crippen molar-refractivity contribution in [3.8, 4) is 5.75 Å². The monoisotopic (exact) mass is 259 g/mol. The molecule has 0 atom stereocenters. The number of aliphatic imine (C=N–C) groups is 1. The fourth-order valence-corrected chi connectivity index (χ4v) is 1.41. The summed E-state index contributed by atoms with van der Waals surface area (Å²) in [7, 11) is 0. The third kappa shape index (κ3) is 3.71. The van der Waals surface area contributed by atoms with Crippen molar-refractivity contribution in [2.45, 2.75) is 0 Å². The molecular formula is C14H10ClNO2. The van der Waals surface area contributed by atoms with Gasteiger partial charge in [-0.2, -0.15) is 0 Å². The number of nitrogens with zero attached hydrogens (tertiary/aromatic N) is 1. The van der Waals surface area contributed by atoms with Crippen molar-refractivity contribution in [1.82, 2.24) is 0 Å². The van der Waals surface area contributed by atoms with Crippen LogP contribution in [0.1, 0.15) is 0 Å². The molecule has 18 heavy (non-hydrogen) atoms. The van der Waals surface area contributed by atoms with E-state index in [1.54, 1.807) is 48.5 Å². The summed E-state index contributed by atoms with van der Waals surface area (Å²) in [5, 5.41) is 0.626. The summed E-state index contributed by atoms with van der Waals surface area (Å²) in [4.78, 5) is 15.4. The fraction of sp³-hybridized carbons (Fsp3) is 0. The number of hydrogen-bond donors (Lipinski definition) is 0. The first-order valence-electron chi connectivity index (χ1n) is 5.30. The Labute approximate surface area is 110 Å². The minimum absolute atomic E-state index is 0.491. The van der Waals surface area contributed by atoms with E-state index in [9.17, 15) is 4.79 Å². The molecule has 0 bridgehead atoms. The van der Waals surface area contributed by atoms with Crippen molar-refractivity contribution in [2.24, 2.45) is 4.99 Å². The zero-order valence-electron chi connectivity index (χ0n) is 9.42. The molecule has 4 heteroatoms. The van der Waals surface area contributed by atoms with Crippen molar-refractivity contribution >= 4 is 29.5 Å². The second-order valence-corrected chi connectivity index (χ2v) is 3.91. The molecule has 2 aromatic carbocycles. The van der Waals surface area contributed by atoms with Crippen LogP contribution < -0.4 is 4.74 Å². The Hall–Kier alpha value is -2.13. The van der Waals surface area contributed by atoms with Crippen molar-refractivity contribution in [2.75, 3.05) is 0 Å². The van der Waals surface area contributed by atoms with E-state index >= 15 is 0 Å². The minimum Gasteiger partial charge on any atom is -0.422 e. The maximum atomic E-state index is 11.5. The number of esters is 1. The molecule has 0 amide bonds. The van der Waals surface area contributed by atoms with Crippen LogP contribution in [0.25, 0.3) is 0 Å². The molecule has 0 saturated carbocycles. The quantitative estimate of drug-likeness (QED) is 0.479. The minimum atomic E-state index is -0.517. The fourth-order valence-electron chi connectivity index (χ4n) is 1.29. The first kappa shape index (κ1) is 12.3. The zero-order chi connectivity index (χ0) is 12.8. The molecule has 2 rings (SSSR count). The van der Waals surface area contributed by atoms with Gasteiger partial charge in [-0.3, -0.25) is 0 Å². The van der Waals surface area contributed by atoms with Crippen molar-refractivity contribution in [3.05, 3.63) is 59.6 Å². The van der Waals surface area contributed by atoms with Crippen LogP contribution in [0.15, 0.2) is 59.6 Å². The van der Waals surface area contributed by atoms with E-state index in [0.717, 1.165) is 6.21 Å². The summed E-state index contributed by atoms with van der Waals surface area (Å²) in [5.41, 5.74) is 0.643. The van der Waals surface area contributed by atoms with Gasteiger partial charge in [-0.15, -0.1) is 0 Å². The Kier molecular flexibility index (Phi) is 4.10. The highest BCUT2D eigenvalue weighted by Gasteiger charge is 1.99. The van der Waals surface area contributed by atoms with Gasteiger partial charge in [-0.1, -0.05) is 29.8 Å². The van der Waals surface area contributed by atoms with Gasteiger partial charge in [0.15, 0.2) is 0 Å². The molecule has 0 fully saturated rings. The molecule has 0 radical (unpaired) electrons. The number of benzene rings is 2. The van der Waals surface area contributed by atoms with Gasteiger partial charge in [0, 0.05) is 5.02 Å². The van der Waals surface area contributed by atoms with Gasteiger partial charge in [0.2, 0.25) is 0 Å². The Bertz CT molecular complexity index is 550. The second-order valence-electron chi connectivity index (χ2n) is 3.47. The summed E-state index contributed by atoms with van der Waals surface area (Å²) in [6.07, 6.45) is 1.14. The van der Waals surface area contributed by atoms with E-state index in [4.69, 9.17) is 16.3 Å². The third-order valence-corrected chi connectivity index (χ3v) is 2.36. The van der Waals surface area contributed by atoms with Crippen LogP contribution in [-0.2, 0) is 4.79 Å². The van der Waals surface area contributed by atoms with Gasteiger partial charge in [0.25, 0.3) is 0 Å². The smallest absolute Gasteiger partial charge is 0.354 e. The van der Waals surface area contributed by atoms with Crippen LogP contribution >= 0.6 is 11.6 Å². The van der Waals surface area contributed by atoms with Crippen LogP contribution in [0.3, 0.4) is 0 Å². The highest BCUT2D eigenvalue weighted by atomic mass is 35.5. The van der Waals surface area contributed by atoms with Crippen molar-refractivity contribution in [3.63, 3.8) is 0 Å². The van der Waals surface area contributed by atoms with Crippen LogP contribution in [-0.4, -0.2) is 12.2 Å². The van der Waals surface area contributed by atoms with Gasteiger partial charge in [0.05, 0.1) is 5.69 Å². The maximum absolute atomic E-state index is 11.5. The molecule has 0 N–H and O–H groups in total. The number of ether oxygens (including phenoxy) is 1. The maximum Gasteiger partial charge on any atom is 0.354 e. The topological polar surface area (TPSA) is 38.7 Å². The van der Waals surface area contributed by atoms with E-state index in [2.05, 4.69) is 4.99 Å². The van der Waals surface area contributed by atoms with Gasteiger partial charge in [-0.05, 0) is 36.4 Å². The Morgan fingerprint density at radius 1 is 1.06 bits per heavy atom. The normalized spacial score (nSPS) is 10.5. The summed E-state index contributed by atoms with van der Waals surface area (Å²) in [6, 6.07) is 15.7. The van der Waals surface area contributed by atoms with Crippen LogP contribution in [0.2, 0.25) is 5.02 Å². The van der Waals surface area contributed by atoms with Crippen LogP contribution in [0.5, 0.6) is 5.75 Å². The van der Waals surface area contributed by atoms with Gasteiger partial charge < -0.3 is 4.74 Å². The number of rotatable bonds is 3. The molecule has 0 aliphatic heterocycles. The summed E-state index contributed by atoms with van der Waals surface area (Å²) in [5.74, 6) is -0.0267. The third-order valence-electron chi connectivity index (χ3n) is 2.11. The van der Waals surface area contributed by atoms with E-state index in [1.807, 2.05) is 6.07 Å². The summed E-state index contributed by atoms with van der Waals surface area (Å²) < 4.78 is 5.05. The summed E-state index contributed by atoms with van der Waals surface area (Å²) in [6.45, 7) is 0. The van der Waals surface area contributed by atoms with E-state index in [0.29, 0.717) is 16.5 Å². The van der Waals surface area contributed by atoms with Gasteiger partial charge >= 0.3 is 5.97 Å². The molecule has 0 aromatic heterocycles. The molecule has 90 valence electrons. The average Bonchev–Trinajstić information content (AvgIpc) is 2.39. The lowest BCUT2D eigenvalue weighted by atomic mass is 10.3. The molecule has 0 aliphatic carbocycles. The zero-order valence-corrected chi connectivity index (χ0v) is 10.2. The molecule has 0 saturated heterocycles. The molecule has 0 heterocycles.